The molecule has 0 unspecified atom stereocenters. The molecule has 0 bridgehead atoms. The quantitative estimate of drug-likeness (QED) is 0.331. The predicted molar refractivity (Wildman–Crippen MR) is 80.0 cm³/mol. The molecule has 96 valence electrons. The van der Waals surface area contributed by atoms with Crippen LogP contribution in [0.4, 0.5) is 0 Å². The van der Waals surface area contributed by atoms with E-state index in [0.29, 0.717) is 0 Å². The third-order valence-corrected chi connectivity index (χ3v) is 8.21. The Balaban J connectivity index is 3.81. The molecule has 0 aliphatic heterocycles. The molecule has 0 radical (unpaired) electrons. The standard InChI is InChI=1S/C13H30OSi2/c1-7-8-9-10-11-12-13-16(5,6)14-15(2,3)4/h11-12H,7-10,13H2,1-6H3/b12-11+. The van der Waals surface area contributed by atoms with E-state index in [9.17, 15) is 0 Å². The van der Waals surface area contributed by atoms with Gasteiger partial charge in [-0.2, -0.15) is 0 Å². The normalized spacial score (nSPS) is 13.6. The van der Waals surface area contributed by atoms with Crippen molar-refractivity contribution in [1.82, 2.24) is 0 Å². The van der Waals surface area contributed by atoms with Gasteiger partial charge in [0.1, 0.15) is 0 Å². The van der Waals surface area contributed by atoms with Crippen LogP contribution in [0.2, 0.25) is 38.8 Å². The van der Waals surface area contributed by atoms with Crippen LogP contribution in [-0.2, 0) is 4.12 Å². The predicted octanol–water partition coefficient (Wildman–Crippen LogP) is 5.18. The summed E-state index contributed by atoms with van der Waals surface area (Å²) in [4.78, 5) is 0. The van der Waals surface area contributed by atoms with Gasteiger partial charge in [-0.15, -0.1) is 0 Å². The van der Waals surface area contributed by atoms with E-state index in [1.807, 2.05) is 0 Å². The highest BCUT2D eigenvalue weighted by Crippen LogP contribution is 2.18. The van der Waals surface area contributed by atoms with Gasteiger partial charge in [0.05, 0.1) is 0 Å². The Morgan fingerprint density at radius 2 is 1.56 bits per heavy atom. The minimum Gasteiger partial charge on any atom is -0.455 e. The first kappa shape index (κ1) is 16.1. The van der Waals surface area contributed by atoms with Gasteiger partial charge in [-0.1, -0.05) is 31.9 Å². The average Bonchev–Trinajstić information content (AvgIpc) is 2.06. The molecular formula is C13H30OSi2. The fourth-order valence-electron chi connectivity index (χ4n) is 1.87. The Bertz CT molecular complexity index is 204. The second-order valence-corrected chi connectivity index (χ2v) is 15.1. The molecule has 1 nitrogen and oxygen atoms in total. The second-order valence-electron chi connectivity index (χ2n) is 6.15. The highest BCUT2D eigenvalue weighted by atomic mass is 28.4. The maximum atomic E-state index is 6.28. The van der Waals surface area contributed by atoms with Gasteiger partial charge in [0.2, 0.25) is 0 Å². The summed E-state index contributed by atoms with van der Waals surface area (Å²) in [6.45, 7) is 13.8. The molecule has 0 fully saturated rings. The fraction of sp³-hybridized carbons (Fsp3) is 0.846. The Kier molecular flexibility index (Phi) is 7.52. The van der Waals surface area contributed by atoms with Crippen molar-refractivity contribution in [3.63, 3.8) is 0 Å². The average molecular weight is 259 g/mol. The van der Waals surface area contributed by atoms with Crippen LogP contribution in [0.25, 0.3) is 0 Å². The van der Waals surface area contributed by atoms with Crippen molar-refractivity contribution in [2.24, 2.45) is 0 Å². The number of rotatable bonds is 8. The zero-order valence-corrected chi connectivity index (χ0v) is 14.1. The van der Waals surface area contributed by atoms with Gasteiger partial charge in [-0.25, -0.2) is 0 Å². The SMILES string of the molecule is CCCCC/C=C/C[Si](C)(C)O[Si](C)(C)C. The highest BCUT2D eigenvalue weighted by Gasteiger charge is 2.28. The Morgan fingerprint density at radius 3 is 2.06 bits per heavy atom. The Hall–Kier alpha value is 0.134. The lowest BCUT2D eigenvalue weighted by molar-refractivity contribution is 0.553. The zero-order chi connectivity index (χ0) is 12.7. The molecule has 0 aliphatic rings. The number of hydrogen-bond donors (Lipinski definition) is 0. The van der Waals surface area contributed by atoms with Gasteiger partial charge in [0.25, 0.3) is 0 Å². The van der Waals surface area contributed by atoms with Gasteiger partial charge < -0.3 is 4.12 Å². The van der Waals surface area contributed by atoms with Crippen molar-refractivity contribution in [3.05, 3.63) is 12.2 Å². The number of allylic oxidation sites excluding steroid dienone is 2. The molecule has 16 heavy (non-hydrogen) atoms. The maximum absolute atomic E-state index is 6.28. The van der Waals surface area contributed by atoms with E-state index in [2.05, 4.69) is 51.8 Å². The molecule has 0 rings (SSSR count). The third-order valence-electron chi connectivity index (χ3n) is 2.33. The lowest BCUT2D eigenvalue weighted by Gasteiger charge is -2.30. The molecule has 0 heterocycles. The van der Waals surface area contributed by atoms with Crippen LogP contribution in [0.1, 0.15) is 32.6 Å². The summed E-state index contributed by atoms with van der Waals surface area (Å²) in [6, 6.07) is 1.17. The largest absolute Gasteiger partial charge is 0.455 e. The van der Waals surface area contributed by atoms with E-state index in [4.69, 9.17) is 4.12 Å². The summed E-state index contributed by atoms with van der Waals surface area (Å²) < 4.78 is 6.28. The van der Waals surface area contributed by atoms with Crippen molar-refractivity contribution < 1.29 is 4.12 Å². The van der Waals surface area contributed by atoms with Gasteiger partial charge in [0, 0.05) is 0 Å². The van der Waals surface area contributed by atoms with E-state index >= 15 is 0 Å². The monoisotopic (exact) mass is 258 g/mol. The van der Waals surface area contributed by atoms with Crippen LogP contribution in [0, 0.1) is 0 Å². The third kappa shape index (κ3) is 10.6. The lowest BCUT2D eigenvalue weighted by atomic mass is 10.2. The summed E-state index contributed by atoms with van der Waals surface area (Å²) >= 11 is 0. The minimum absolute atomic E-state index is 1.17. The van der Waals surface area contributed by atoms with Gasteiger partial charge in [0.15, 0.2) is 16.6 Å². The Morgan fingerprint density at radius 1 is 0.938 bits per heavy atom. The van der Waals surface area contributed by atoms with Crippen LogP contribution in [0.5, 0.6) is 0 Å². The van der Waals surface area contributed by atoms with Crippen molar-refractivity contribution in [2.75, 3.05) is 0 Å². The van der Waals surface area contributed by atoms with Crippen LogP contribution in [0.15, 0.2) is 12.2 Å². The highest BCUT2D eigenvalue weighted by molar-refractivity contribution is 6.84. The van der Waals surface area contributed by atoms with E-state index in [1.54, 1.807) is 0 Å². The summed E-state index contributed by atoms with van der Waals surface area (Å²) in [5.74, 6) is 0. The van der Waals surface area contributed by atoms with E-state index in [0.717, 1.165) is 0 Å². The molecule has 0 aromatic rings. The molecule has 0 saturated carbocycles. The van der Waals surface area contributed by atoms with Crippen molar-refractivity contribution in [1.29, 1.82) is 0 Å². The van der Waals surface area contributed by atoms with Crippen LogP contribution >= 0.6 is 0 Å². The molecular weight excluding hydrogens is 228 g/mol. The minimum atomic E-state index is -1.43. The zero-order valence-electron chi connectivity index (χ0n) is 12.1. The van der Waals surface area contributed by atoms with Crippen molar-refractivity contribution in [2.45, 2.75) is 71.4 Å². The summed E-state index contributed by atoms with van der Waals surface area (Å²) in [5, 5.41) is 0. The first-order valence-corrected chi connectivity index (χ1v) is 13.1. The molecule has 0 saturated heterocycles. The number of unbranched alkanes of at least 4 members (excludes halogenated alkanes) is 3. The summed E-state index contributed by atoms with van der Waals surface area (Å²) in [5.41, 5.74) is 0. The first-order valence-electron chi connectivity index (χ1n) is 6.62. The van der Waals surface area contributed by atoms with Crippen molar-refractivity contribution >= 4 is 16.6 Å². The van der Waals surface area contributed by atoms with Gasteiger partial charge in [-0.3, -0.25) is 0 Å². The molecule has 3 heteroatoms. The molecule has 0 amide bonds. The van der Waals surface area contributed by atoms with Crippen LogP contribution in [-0.4, -0.2) is 16.6 Å². The van der Waals surface area contributed by atoms with E-state index in [1.165, 1.54) is 31.7 Å². The van der Waals surface area contributed by atoms with Gasteiger partial charge >= 0.3 is 0 Å². The van der Waals surface area contributed by atoms with E-state index in [-0.39, 0.29) is 0 Å². The van der Waals surface area contributed by atoms with Gasteiger partial charge in [-0.05, 0) is 51.6 Å². The van der Waals surface area contributed by atoms with E-state index < -0.39 is 16.6 Å². The summed E-state index contributed by atoms with van der Waals surface area (Å²) in [6.07, 6.45) is 9.94. The number of hydrogen-bond acceptors (Lipinski definition) is 1. The maximum Gasteiger partial charge on any atom is 0.177 e. The van der Waals surface area contributed by atoms with Crippen LogP contribution < -0.4 is 0 Å². The lowest BCUT2D eigenvalue weighted by Crippen LogP contribution is -2.41. The Labute approximate surface area is 105 Å². The molecule has 0 aliphatic carbocycles. The fourth-order valence-corrected chi connectivity index (χ4v) is 9.57. The smallest absolute Gasteiger partial charge is 0.177 e. The molecule has 0 aromatic heterocycles. The molecule has 0 atom stereocenters. The summed E-state index contributed by atoms with van der Waals surface area (Å²) in [7, 11) is -2.78. The second kappa shape index (κ2) is 7.46. The topological polar surface area (TPSA) is 9.23 Å². The molecule has 0 spiro atoms. The molecule has 0 N–H and O–H groups in total. The van der Waals surface area contributed by atoms with Crippen LogP contribution in [0.3, 0.4) is 0 Å². The molecule has 0 aromatic carbocycles. The first-order chi connectivity index (χ1) is 7.27. The van der Waals surface area contributed by atoms with Crippen molar-refractivity contribution in [3.8, 4) is 0 Å².